The lowest BCUT2D eigenvalue weighted by Crippen LogP contribution is -2.41. The van der Waals surface area contributed by atoms with E-state index in [1.165, 1.54) is 11.1 Å². The van der Waals surface area contributed by atoms with Gasteiger partial charge in [-0.3, -0.25) is 0 Å². The van der Waals surface area contributed by atoms with E-state index in [1.54, 1.807) is 0 Å². The third kappa shape index (κ3) is 3.65. The fourth-order valence-corrected chi connectivity index (χ4v) is 5.39. The van der Waals surface area contributed by atoms with E-state index in [0.717, 1.165) is 35.9 Å². The monoisotopic (exact) mass is 425 g/mol. The molecular formula is C20H28BrNO2S. The number of hydrogen-bond acceptors (Lipinski definition) is 2. The summed E-state index contributed by atoms with van der Waals surface area (Å²) in [4.78, 5) is 0. The molecule has 0 unspecified atom stereocenters. The first-order valence-corrected chi connectivity index (χ1v) is 10.9. The van der Waals surface area contributed by atoms with Gasteiger partial charge in [-0.1, -0.05) is 28.9 Å². The molecule has 138 valence electrons. The maximum absolute atomic E-state index is 12.8. The highest BCUT2D eigenvalue weighted by Crippen LogP contribution is 2.50. The summed E-state index contributed by atoms with van der Waals surface area (Å²) >= 11 is 3.59. The first kappa shape index (κ1) is 19.2. The molecule has 2 aliphatic rings. The van der Waals surface area contributed by atoms with Crippen molar-refractivity contribution in [3.8, 4) is 0 Å². The van der Waals surface area contributed by atoms with Crippen LogP contribution in [-0.4, -0.2) is 27.9 Å². The second-order valence-corrected chi connectivity index (χ2v) is 11.4. The van der Waals surface area contributed by atoms with Gasteiger partial charge in [0.1, 0.15) is 11.0 Å². The lowest BCUT2D eigenvalue weighted by Gasteiger charge is -2.41. The van der Waals surface area contributed by atoms with E-state index >= 15 is 0 Å². The third-order valence-electron chi connectivity index (χ3n) is 5.61. The van der Waals surface area contributed by atoms with Crippen LogP contribution < -0.4 is 0 Å². The smallest absolute Gasteiger partial charge is 0.145 e. The summed E-state index contributed by atoms with van der Waals surface area (Å²) in [6, 6.07) is 6.44. The standard InChI is InChI=1S/C20H28BrNO2S/c1-13-11-20(9-8-17(13)24-5)12-14-6-7-15(21)10-16(14)18(20)22-25(23)19(2,3)4/h6-7,10,13,17H,8-9,11-12H2,1-5H3/b22-18-/t13-,17-,20-,25-/m0/s1. The maximum atomic E-state index is 12.8. The molecule has 5 heteroatoms. The molecular weight excluding hydrogens is 398 g/mol. The van der Waals surface area contributed by atoms with E-state index in [2.05, 4.69) is 41.1 Å². The molecule has 4 atom stereocenters. The summed E-state index contributed by atoms with van der Waals surface area (Å²) in [5.74, 6) is 0.477. The van der Waals surface area contributed by atoms with Crippen molar-refractivity contribution in [1.82, 2.24) is 0 Å². The topological polar surface area (TPSA) is 38.7 Å². The molecule has 0 aliphatic heterocycles. The van der Waals surface area contributed by atoms with Crippen molar-refractivity contribution in [1.29, 1.82) is 0 Å². The van der Waals surface area contributed by atoms with E-state index in [9.17, 15) is 4.21 Å². The van der Waals surface area contributed by atoms with Gasteiger partial charge >= 0.3 is 0 Å². The molecule has 1 aromatic rings. The van der Waals surface area contributed by atoms with Crippen molar-refractivity contribution in [2.75, 3.05) is 7.11 Å². The predicted molar refractivity (Wildman–Crippen MR) is 109 cm³/mol. The maximum Gasteiger partial charge on any atom is 0.145 e. The zero-order valence-electron chi connectivity index (χ0n) is 15.8. The summed E-state index contributed by atoms with van der Waals surface area (Å²) in [5, 5.41) is 0. The first-order valence-electron chi connectivity index (χ1n) is 8.99. The fraction of sp³-hybridized carbons (Fsp3) is 0.650. The lowest BCUT2D eigenvalue weighted by molar-refractivity contribution is 0.00486. The number of methoxy groups -OCH3 is 1. The van der Waals surface area contributed by atoms with Gasteiger partial charge < -0.3 is 4.74 Å². The minimum atomic E-state index is -1.25. The van der Waals surface area contributed by atoms with Gasteiger partial charge in [0.2, 0.25) is 0 Å². The van der Waals surface area contributed by atoms with Crippen LogP contribution in [0.1, 0.15) is 58.1 Å². The van der Waals surface area contributed by atoms with Crippen LogP contribution in [0.4, 0.5) is 0 Å². The zero-order valence-corrected chi connectivity index (χ0v) is 18.2. The number of rotatable bonds is 2. The fourth-order valence-electron chi connectivity index (χ4n) is 4.30. The van der Waals surface area contributed by atoms with Crippen molar-refractivity contribution < 1.29 is 8.95 Å². The molecule has 1 saturated carbocycles. The van der Waals surface area contributed by atoms with Crippen molar-refractivity contribution in [2.45, 2.75) is 64.2 Å². The van der Waals surface area contributed by atoms with Crippen LogP contribution in [0.2, 0.25) is 0 Å². The number of hydrogen-bond donors (Lipinski definition) is 0. The summed E-state index contributed by atoms with van der Waals surface area (Å²) < 4.78 is 24.0. The average Bonchev–Trinajstić information content (AvgIpc) is 2.80. The Morgan fingerprint density at radius 2 is 2.08 bits per heavy atom. The number of fused-ring (bicyclic) bond motifs is 1. The van der Waals surface area contributed by atoms with Crippen LogP contribution in [0.15, 0.2) is 27.1 Å². The quantitative estimate of drug-likeness (QED) is 0.662. The Hall–Kier alpha value is -0.520. The molecule has 0 amide bonds. The number of ether oxygens (including phenoxy) is 1. The second-order valence-electron chi connectivity index (χ2n) is 8.55. The molecule has 0 radical (unpaired) electrons. The summed E-state index contributed by atoms with van der Waals surface area (Å²) in [5.41, 5.74) is 3.56. The van der Waals surface area contributed by atoms with Gasteiger partial charge in [-0.15, -0.1) is 0 Å². The van der Waals surface area contributed by atoms with Gasteiger partial charge in [0.05, 0.1) is 16.6 Å². The van der Waals surface area contributed by atoms with Crippen molar-refractivity contribution >= 4 is 32.6 Å². The summed E-state index contributed by atoms with van der Waals surface area (Å²) in [7, 11) is 0.560. The Kier molecular flexibility index (Phi) is 5.31. The SMILES string of the molecule is CO[C@H]1CC[C@@]2(Cc3ccc(Br)cc3/C2=N/[S@@](=O)C(C)(C)C)C[C@@H]1C. The third-order valence-corrected chi connectivity index (χ3v) is 7.50. The van der Waals surface area contributed by atoms with Crippen LogP contribution >= 0.6 is 15.9 Å². The number of halogens is 1. The molecule has 0 aromatic heterocycles. The Balaban J connectivity index is 2.07. The summed E-state index contributed by atoms with van der Waals surface area (Å²) in [6.45, 7) is 8.23. The van der Waals surface area contributed by atoms with Gasteiger partial charge in [-0.25, -0.2) is 4.21 Å². The van der Waals surface area contributed by atoms with Crippen molar-refractivity contribution in [3.63, 3.8) is 0 Å². The molecule has 0 bridgehead atoms. The number of nitrogens with zero attached hydrogens (tertiary/aromatic N) is 1. The highest BCUT2D eigenvalue weighted by molar-refractivity contribution is 9.10. The van der Waals surface area contributed by atoms with Gasteiger partial charge in [0, 0.05) is 22.6 Å². The zero-order chi connectivity index (χ0) is 18.4. The molecule has 1 aromatic carbocycles. The van der Waals surface area contributed by atoms with Crippen LogP contribution in [0.5, 0.6) is 0 Å². The second kappa shape index (κ2) is 6.90. The van der Waals surface area contributed by atoms with E-state index in [-0.39, 0.29) is 10.2 Å². The van der Waals surface area contributed by atoms with Crippen LogP contribution in [0, 0.1) is 11.3 Å². The highest BCUT2D eigenvalue weighted by Gasteiger charge is 2.48. The normalized spacial score (nSPS) is 32.2. The molecule has 0 heterocycles. The minimum Gasteiger partial charge on any atom is -0.381 e. The molecule has 25 heavy (non-hydrogen) atoms. The van der Waals surface area contributed by atoms with Gasteiger partial charge in [0.25, 0.3) is 0 Å². The van der Waals surface area contributed by atoms with E-state index in [4.69, 9.17) is 9.13 Å². The van der Waals surface area contributed by atoms with E-state index in [0.29, 0.717) is 12.0 Å². The van der Waals surface area contributed by atoms with Crippen LogP contribution in [0.3, 0.4) is 0 Å². The molecule has 1 fully saturated rings. The van der Waals surface area contributed by atoms with Gasteiger partial charge in [-0.05, 0) is 70.1 Å². The molecule has 3 rings (SSSR count). The Morgan fingerprint density at radius 1 is 1.36 bits per heavy atom. The van der Waals surface area contributed by atoms with E-state index in [1.807, 2.05) is 27.9 Å². The Labute approximate surface area is 162 Å². The number of benzene rings is 1. The van der Waals surface area contributed by atoms with Crippen molar-refractivity contribution in [2.24, 2.45) is 15.7 Å². The summed E-state index contributed by atoms with van der Waals surface area (Å²) in [6.07, 6.45) is 4.43. The molecule has 3 nitrogen and oxygen atoms in total. The average molecular weight is 426 g/mol. The predicted octanol–water partition coefficient (Wildman–Crippen LogP) is 5.08. The highest BCUT2D eigenvalue weighted by atomic mass is 79.9. The van der Waals surface area contributed by atoms with Crippen molar-refractivity contribution in [3.05, 3.63) is 33.8 Å². The molecule has 0 N–H and O–H groups in total. The lowest BCUT2D eigenvalue weighted by atomic mass is 9.66. The Morgan fingerprint density at radius 3 is 2.68 bits per heavy atom. The van der Waals surface area contributed by atoms with E-state index < -0.39 is 11.0 Å². The van der Waals surface area contributed by atoms with Gasteiger partial charge in [-0.2, -0.15) is 4.40 Å². The molecule has 2 aliphatic carbocycles. The molecule has 0 saturated heterocycles. The van der Waals surface area contributed by atoms with Gasteiger partial charge in [0.15, 0.2) is 0 Å². The first-order chi connectivity index (χ1) is 11.7. The minimum absolute atomic E-state index is 0.00150. The molecule has 1 spiro atoms. The van der Waals surface area contributed by atoms with Crippen LogP contribution in [-0.2, 0) is 22.1 Å². The Bertz CT molecular complexity index is 725. The largest absolute Gasteiger partial charge is 0.381 e. The van der Waals surface area contributed by atoms with Crippen LogP contribution in [0.25, 0.3) is 0 Å².